The van der Waals surface area contributed by atoms with E-state index >= 15 is 0 Å². The van der Waals surface area contributed by atoms with Crippen LogP contribution in [0.1, 0.15) is 74.7 Å². The summed E-state index contributed by atoms with van der Waals surface area (Å²) in [6.07, 6.45) is 1.62. The molecule has 0 aromatic heterocycles. The quantitative estimate of drug-likeness (QED) is 0.253. The maximum Gasteiger partial charge on any atom is 0.409 e. The lowest BCUT2D eigenvalue weighted by molar-refractivity contribution is -0.145. The van der Waals surface area contributed by atoms with Gasteiger partial charge in [-0.05, 0) is 40.4 Å². The fourth-order valence-corrected chi connectivity index (χ4v) is 6.10. The number of nitrogens with zero attached hydrogens (tertiary/aromatic N) is 2. The number of likely N-dealkylation sites (tertiary alicyclic amines) is 1. The van der Waals surface area contributed by atoms with Crippen LogP contribution in [0.3, 0.4) is 0 Å². The lowest BCUT2D eigenvalue weighted by Crippen LogP contribution is -2.62. The van der Waals surface area contributed by atoms with Gasteiger partial charge in [-0.15, -0.1) is 0 Å². The first-order valence-electron chi connectivity index (χ1n) is 15.4. The van der Waals surface area contributed by atoms with Crippen LogP contribution in [0, 0.1) is 34.0 Å². The minimum Gasteiger partial charge on any atom is -0.447 e. The number of carbonyl (C=O) groups excluding carboxylic acids is 6. The normalized spacial score (nSPS) is 24.2. The minimum atomic E-state index is -1.10. The van der Waals surface area contributed by atoms with Crippen LogP contribution in [0.2, 0.25) is 0 Å². The van der Waals surface area contributed by atoms with Crippen LogP contribution in [-0.2, 0) is 23.9 Å². The number of nitrogens with two attached hydrogens (primary N) is 1. The van der Waals surface area contributed by atoms with Gasteiger partial charge in [0, 0.05) is 20.6 Å². The lowest BCUT2D eigenvalue weighted by Gasteiger charge is -2.38. The van der Waals surface area contributed by atoms with Crippen LogP contribution >= 0.6 is 0 Å². The number of ether oxygens (including phenoxy) is 1. The van der Waals surface area contributed by atoms with E-state index in [-0.39, 0.29) is 29.8 Å². The van der Waals surface area contributed by atoms with E-state index < -0.39 is 70.6 Å². The molecule has 1 saturated heterocycles. The third-order valence-corrected chi connectivity index (χ3v) is 9.38. The van der Waals surface area contributed by atoms with E-state index in [9.17, 15) is 28.8 Å². The van der Waals surface area contributed by atoms with Crippen molar-refractivity contribution in [3.8, 4) is 0 Å². The summed E-state index contributed by atoms with van der Waals surface area (Å²) < 4.78 is 5.33. The number of hydrogen-bond acceptors (Lipinski definition) is 7. The third kappa shape index (κ3) is 8.01. The van der Waals surface area contributed by atoms with Crippen LogP contribution in [0.25, 0.3) is 0 Å². The van der Waals surface area contributed by atoms with Crippen LogP contribution in [-0.4, -0.2) is 96.8 Å². The summed E-state index contributed by atoms with van der Waals surface area (Å²) in [5.74, 6) is -2.68. The summed E-state index contributed by atoms with van der Waals surface area (Å²) in [4.78, 5) is 80.4. The van der Waals surface area contributed by atoms with Gasteiger partial charge < -0.3 is 36.2 Å². The highest BCUT2D eigenvalue weighted by Gasteiger charge is 2.70. The maximum atomic E-state index is 14.2. The molecule has 0 spiro atoms. The zero-order valence-electron chi connectivity index (χ0n) is 27.9. The van der Waals surface area contributed by atoms with Crippen molar-refractivity contribution in [2.75, 3.05) is 27.2 Å². The number of amides is 6. The molecule has 1 unspecified atom stereocenters. The summed E-state index contributed by atoms with van der Waals surface area (Å²) in [5, 5.41) is 8.44. The molecule has 3 aliphatic rings. The zero-order valence-corrected chi connectivity index (χ0v) is 27.9. The van der Waals surface area contributed by atoms with Crippen LogP contribution < -0.4 is 21.7 Å². The van der Waals surface area contributed by atoms with Gasteiger partial charge in [-0.25, -0.2) is 9.59 Å². The Morgan fingerprint density at radius 3 is 2.02 bits per heavy atom. The molecule has 6 amide bonds. The van der Waals surface area contributed by atoms with Gasteiger partial charge in [0.15, 0.2) is 0 Å². The van der Waals surface area contributed by atoms with E-state index in [1.54, 1.807) is 14.1 Å². The van der Waals surface area contributed by atoms with Crippen molar-refractivity contribution in [1.29, 1.82) is 0 Å². The van der Waals surface area contributed by atoms with E-state index in [0.29, 0.717) is 13.0 Å². The van der Waals surface area contributed by atoms with Crippen LogP contribution in [0.4, 0.5) is 9.59 Å². The van der Waals surface area contributed by atoms with Gasteiger partial charge in [0.05, 0.1) is 12.1 Å². The molecular weight excluding hydrogens is 568 g/mol. The van der Waals surface area contributed by atoms with Gasteiger partial charge in [-0.2, -0.15) is 0 Å². The van der Waals surface area contributed by atoms with Crippen LogP contribution in [0.5, 0.6) is 0 Å². The molecule has 0 aromatic rings. The topological polar surface area (TPSA) is 180 Å². The monoisotopic (exact) mass is 620 g/mol. The van der Waals surface area contributed by atoms with Crippen molar-refractivity contribution < 1.29 is 33.5 Å². The standard InChI is InChI=1S/C31H52N6O7/c1-29(2,3)19(15-44-28(43)36(9)10)34-27(42)35-23(30(4,5)6)26(41)37-14-17-20(31(17,7)8)21(37)25(40)33-18(13-16-11-12-16)22(38)24(32)39/h16-21,23H,11-15H2,1-10H3,(H2,32,39)(H,33,40)(H2,34,35,42)/t17-,18?,19+,20-,21-,23+/m0/s1. The van der Waals surface area contributed by atoms with Crippen molar-refractivity contribution in [2.45, 2.75) is 98.8 Å². The molecule has 0 aromatic carbocycles. The summed E-state index contributed by atoms with van der Waals surface area (Å²) >= 11 is 0. The van der Waals surface area contributed by atoms with Crippen molar-refractivity contribution in [3.63, 3.8) is 0 Å². The smallest absolute Gasteiger partial charge is 0.409 e. The molecule has 0 radical (unpaired) electrons. The Hall–Kier alpha value is -3.38. The summed E-state index contributed by atoms with van der Waals surface area (Å²) in [6.45, 7) is 15.5. The van der Waals surface area contributed by atoms with E-state index in [1.165, 1.54) is 9.80 Å². The number of urea groups is 1. The molecule has 2 saturated carbocycles. The number of rotatable bonds is 11. The van der Waals surface area contributed by atoms with Gasteiger partial charge in [0.2, 0.25) is 17.6 Å². The molecule has 1 aliphatic heterocycles. The Morgan fingerprint density at radius 2 is 1.55 bits per heavy atom. The summed E-state index contributed by atoms with van der Waals surface area (Å²) in [5.41, 5.74) is 3.88. The Morgan fingerprint density at radius 1 is 0.955 bits per heavy atom. The average molecular weight is 621 g/mol. The van der Waals surface area contributed by atoms with Gasteiger partial charge in [-0.3, -0.25) is 19.2 Å². The second kappa shape index (κ2) is 12.5. The Balaban J connectivity index is 1.80. The van der Waals surface area contributed by atoms with Crippen molar-refractivity contribution in [1.82, 2.24) is 25.8 Å². The number of Topliss-reactive ketones (excluding diaryl/α,β-unsaturated/α-hetero) is 1. The molecule has 0 bridgehead atoms. The van der Waals surface area contributed by atoms with Gasteiger partial charge in [0.1, 0.15) is 18.7 Å². The second-order valence-electron chi connectivity index (χ2n) is 15.7. The summed E-state index contributed by atoms with van der Waals surface area (Å²) in [7, 11) is 3.13. The Kier molecular flexibility index (Phi) is 10.0. The second-order valence-corrected chi connectivity index (χ2v) is 15.7. The fraction of sp³-hybridized carbons (Fsp3) is 0.806. The molecule has 5 N–H and O–H groups in total. The molecule has 1 heterocycles. The van der Waals surface area contributed by atoms with Gasteiger partial charge >= 0.3 is 12.1 Å². The van der Waals surface area contributed by atoms with Gasteiger partial charge in [-0.1, -0.05) is 68.2 Å². The first kappa shape index (κ1) is 35.1. The molecule has 6 atom stereocenters. The molecule has 2 aliphatic carbocycles. The van der Waals surface area contributed by atoms with Gasteiger partial charge in [0.25, 0.3) is 5.91 Å². The molecule has 13 heteroatoms. The average Bonchev–Trinajstić information content (AvgIpc) is 3.74. The molecule has 3 rings (SSSR count). The van der Waals surface area contributed by atoms with E-state index in [0.717, 1.165) is 12.8 Å². The van der Waals surface area contributed by atoms with E-state index in [1.807, 2.05) is 55.4 Å². The highest BCUT2D eigenvalue weighted by molar-refractivity contribution is 6.37. The largest absolute Gasteiger partial charge is 0.447 e. The molecular formula is C31H52N6O7. The van der Waals surface area contributed by atoms with Crippen molar-refractivity contribution in [3.05, 3.63) is 0 Å². The lowest BCUT2D eigenvalue weighted by atomic mass is 9.85. The molecule has 13 nitrogen and oxygen atoms in total. The maximum absolute atomic E-state index is 14.2. The van der Waals surface area contributed by atoms with Crippen LogP contribution in [0.15, 0.2) is 0 Å². The molecule has 248 valence electrons. The number of ketones is 1. The predicted octanol–water partition coefficient (Wildman–Crippen LogP) is 1.64. The number of primary amides is 1. The number of fused-ring (bicyclic) bond motifs is 1. The highest BCUT2D eigenvalue weighted by Crippen LogP contribution is 2.65. The van der Waals surface area contributed by atoms with Crippen molar-refractivity contribution >= 4 is 35.6 Å². The third-order valence-electron chi connectivity index (χ3n) is 9.38. The number of nitrogens with one attached hydrogen (secondary N) is 3. The molecule has 44 heavy (non-hydrogen) atoms. The Bertz CT molecular complexity index is 1170. The zero-order chi connectivity index (χ0) is 33.5. The highest BCUT2D eigenvalue weighted by atomic mass is 16.6. The van der Waals surface area contributed by atoms with Crippen molar-refractivity contribution in [2.24, 2.45) is 39.7 Å². The Labute approximate surface area is 260 Å². The first-order chi connectivity index (χ1) is 20.1. The van der Waals surface area contributed by atoms with E-state index in [2.05, 4.69) is 16.0 Å². The SMILES string of the molecule is CN(C)C(=O)OC[C@@H](NC(=O)N[C@H](C(=O)N1C[C@H]2[C@@H]([C@H]1C(=O)NC(CC1CC1)C(=O)C(N)=O)C2(C)C)C(C)(C)C)C(C)(C)C. The first-order valence-corrected chi connectivity index (χ1v) is 15.4. The summed E-state index contributed by atoms with van der Waals surface area (Å²) in [6, 6.07) is -4.08. The number of carbonyl (C=O) groups is 6. The fourth-order valence-electron chi connectivity index (χ4n) is 6.10. The molecule has 3 fully saturated rings. The number of piperidine rings is 1. The van der Waals surface area contributed by atoms with E-state index in [4.69, 9.17) is 10.5 Å². The number of hydrogen-bond donors (Lipinski definition) is 4. The minimum absolute atomic E-state index is 0.0685. The predicted molar refractivity (Wildman–Crippen MR) is 163 cm³/mol.